The van der Waals surface area contributed by atoms with E-state index in [-0.39, 0.29) is 11.9 Å². The fourth-order valence-electron chi connectivity index (χ4n) is 3.98. The molecule has 0 saturated carbocycles. The highest BCUT2D eigenvalue weighted by Gasteiger charge is 2.27. The van der Waals surface area contributed by atoms with Gasteiger partial charge in [-0.3, -0.25) is 9.69 Å². The van der Waals surface area contributed by atoms with Gasteiger partial charge in [-0.05, 0) is 29.8 Å². The number of fused-ring (bicyclic) bond motifs is 1. The Morgan fingerprint density at radius 3 is 2.39 bits per heavy atom. The standard InChI is InChI=1S/C24H25N3O4/c1-29-19-5-3-17(4-6-19)22(15-25)26-9-11-27(12-10-26)24(28)13-18-16-31-23-14-20(30-2)7-8-21(18)23/h3-8,14,16,22H,9-13H2,1-2H3. The smallest absolute Gasteiger partial charge is 0.227 e. The molecule has 7 heteroatoms. The number of carbonyl (C=O) groups is 1. The Labute approximate surface area is 181 Å². The SMILES string of the molecule is COc1ccc(C(C#N)N2CCN(C(=O)Cc3coc4cc(OC)ccc34)CC2)cc1. The molecule has 0 aliphatic carbocycles. The number of amides is 1. The van der Waals surface area contributed by atoms with E-state index >= 15 is 0 Å². The number of rotatable bonds is 6. The lowest BCUT2D eigenvalue weighted by Crippen LogP contribution is -2.49. The third kappa shape index (κ3) is 4.35. The largest absolute Gasteiger partial charge is 0.497 e. The molecule has 1 fully saturated rings. The molecule has 2 heterocycles. The van der Waals surface area contributed by atoms with Gasteiger partial charge >= 0.3 is 0 Å². The molecule has 4 rings (SSSR count). The van der Waals surface area contributed by atoms with Crippen LogP contribution >= 0.6 is 0 Å². The summed E-state index contributed by atoms with van der Waals surface area (Å²) in [6, 6.07) is 15.2. The van der Waals surface area contributed by atoms with Crippen molar-refractivity contribution in [2.45, 2.75) is 12.5 Å². The van der Waals surface area contributed by atoms with Gasteiger partial charge in [0.25, 0.3) is 0 Å². The summed E-state index contributed by atoms with van der Waals surface area (Å²) in [7, 11) is 3.23. The second-order valence-electron chi connectivity index (χ2n) is 7.52. The number of methoxy groups -OCH3 is 2. The first-order chi connectivity index (χ1) is 15.1. The number of furan rings is 1. The lowest BCUT2D eigenvalue weighted by molar-refractivity contribution is -0.132. The van der Waals surface area contributed by atoms with E-state index in [0.717, 1.165) is 28.0 Å². The summed E-state index contributed by atoms with van der Waals surface area (Å²) < 4.78 is 16.0. The van der Waals surface area contributed by atoms with Gasteiger partial charge in [-0.25, -0.2) is 0 Å². The van der Waals surface area contributed by atoms with E-state index in [4.69, 9.17) is 13.9 Å². The van der Waals surface area contributed by atoms with Crippen molar-refractivity contribution >= 4 is 16.9 Å². The van der Waals surface area contributed by atoms with Crippen LogP contribution in [0.2, 0.25) is 0 Å². The van der Waals surface area contributed by atoms with E-state index in [0.29, 0.717) is 38.2 Å². The van der Waals surface area contributed by atoms with Crippen molar-refractivity contribution in [1.82, 2.24) is 9.80 Å². The van der Waals surface area contributed by atoms with Gasteiger partial charge in [-0.2, -0.15) is 5.26 Å². The first-order valence-corrected chi connectivity index (χ1v) is 10.2. The minimum absolute atomic E-state index is 0.0659. The van der Waals surface area contributed by atoms with E-state index in [1.165, 1.54) is 0 Å². The summed E-state index contributed by atoms with van der Waals surface area (Å²) in [5, 5.41) is 10.6. The van der Waals surface area contributed by atoms with Gasteiger partial charge in [0.05, 0.1) is 33.0 Å². The monoisotopic (exact) mass is 419 g/mol. The van der Waals surface area contributed by atoms with Gasteiger partial charge < -0.3 is 18.8 Å². The Morgan fingerprint density at radius 1 is 1.06 bits per heavy atom. The Hall–Kier alpha value is -3.50. The second kappa shape index (κ2) is 9.11. The molecular weight excluding hydrogens is 394 g/mol. The van der Waals surface area contributed by atoms with Crippen molar-refractivity contribution in [2.24, 2.45) is 0 Å². The van der Waals surface area contributed by atoms with Crippen molar-refractivity contribution in [3.8, 4) is 17.6 Å². The molecule has 1 aliphatic rings. The predicted octanol–water partition coefficient (Wildman–Crippen LogP) is 3.40. The summed E-state index contributed by atoms with van der Waals surface area (Å²) in [6.07, 6.45) is 1.94. The van der Waals surface area contributed by atoms with Crippen LogP contribution in [0, 0.1) is 11.3 Å². The molecule has 0 radical (unpaired) electrons. The van der Waals surface area contributed by atoms with Gasteiger partial charge in [-0.1, -0.05) is 12.1 Å². The van der Waals surface area contributed by atoms with Crippen LogP contribution in [0.1, 0.15) is 17.2 Å². The first-order valence-electron chi connectivity index (χ1n) is 10.2. The van der Waals surface area contributed by atoms with Crippen LogP contribution in [0.15, 0.2) is 53.1 Å². The molecule has 1 unspecified atom stereocenters. The molecular formula is C24H25N3O4. The summed E-state index contributed by atoms with van der Waals surface area (Å²) in [6.45, 7) is 2.49. The number of nitrogens with zero attached hydrogens (tertiary/aromatic N) is 3. The minimum Gasteiger partial charge on any atom is -0.497 e. The number of carbonyl (C=O) groups excluding carboxylic acids is 1. The molecule has 1 saturated heterocycles. The van der Waals surface area contributed by atoms with E-state index < -0.39 is 0 Å². The molecule has 3 aromatic rings. The van der Waals surface area contributed by atoms with Crippen LogP contribution < -0.4 is 9.47 Å². The average molecular weight is 419 g/mol. The Bertz CT molecular complexity index is 1090. The lowest BCUT2D eigenvalue weighted by atomic mass is 10.0. The summed E-state index contributed by atoms with van der Waals surface area (Å²) in [5.74, 6) is 1.55. The van der Waals surface area contributed by atoms with E-state index in [2.05, 4.69) is 11.0 Å². The van der Waals surface area contributed by atoms with E-state index in [1.807, 2.05) is 47.4 Å². The maximum atomic E-state index is 12.9. The number of hydrogen-bond donors (Lipinski definition) is 0. The fourth-order valence-corrected chi connectivity index (χ4v) is 3.98. The third-order valence-electron chi connectivity index (χ3n) is 5.79. The molecule has 0 bridgehead atoms. The van der Waals surface area contributed by atoms with Crippen molar-refractivity contribution in [2.75, 3.05) is 40.4 Å². The fraction of sp³-hybridized carbons (Fsp3) is 0.333. The minimum atomic E-state index is -0.337. The molecule has 7 nitrogen and oxygen atoms in total. The Kier molecular flexibility index (Phi) is 6.10. The summed E-state index contributed by atoms with van der Waals surface area (Å²) in [4.78, 5) is 16.9. The maximum absolute atomic E-state index is 12.9. The van der Waals surface area contributed by atoms with Gasteiger partial charge in [0.15, 0.2) is 0 Å². The van der Waals surface area contributed by atoms with Crippen molar-refractivity contribution in [3.05, 3.63) is 59.9 Å². The van der Waals surface area contributed by atoms with Crippen LogP contribution in [0.4, 0.5) is 0 Å². The number of hydrogen-bond acceptors (Lipinski definition) is 6. The highest BCUT2D eigenvalue weighted by atomic mass is 16.5. The molecule has 0 N–H and O–H groups in total. The molecule has 31 heavy (non-hydrogen) atoms. The highest BCUT2D eigenvalue weighted by Crippen LogP contribution is 2.27. The van der Waals surface area contributed by atoms with Crippen LogP contribution in [0.3, 0.4) is 0 Å². The summed E-state index contributed by atoms with van der Waals surface area (Å²) >= 11 is 0. The second-order valence-corrected chi connectivity index (χ2v) is 7.52. The van der Waals surface area contributed by atoms with Crippen molar-refractivity contribution < 1.29 is 18.7 Å². The number of piperazine rings is 1. The van der Waals surface area contributed by atoms with Gasteiger partial charge in [0, 0.05) is 43.2 Å². The highest BCUT2D eigenvalue weighted by molar-refractivity contribution is 5.88. The zero-order valence-corrected chi connectivity index (χ0v) is 17.7. The molecule has 1 amide bonds. The molecule has 1 atom stereocenters. The van der Waals surface area contributed by atoms with Crippen LogP contribution in [-0.4, -0.2) is 56.1 Å². The van der Waals surface area contributed by atoms with Gasteiger partial charge in [-0.15, -0.1) is 0 Å². The Morgan fingerprint density at radius 2 is 1.74 bits per heavy atom. The van der Waals surface area contributed by atoms with Crippen molar-refractivity contribution in [3.63, 3.8) is 0 Å². The van der Waals surface area contributed by atoms with Crippen LogP contribution in [-0.2, 0) is 11.2 Å². The molecule has 160 valence electrons. The normalized spacial score (nSPS) is 15.5. The van der Waals surface area contributed by atoms with Crippen LogP contribution in [0.5, 0.6) is 11.5 Å². The number of benzene rings is 2. The van der Waals surface area contributed by atoms with E-state index in [1.54, 1.807) is 20.5 Å². The quantitative estimate of drug-likeness (QED) is 0.609. The van der Waals surface area contributed by atoms with Gasteiger partial charge in [0.1, 0.15) is 23.1 Å². The first kappa shape index (κ1) is 20.8. The molecule has 2 aromatic carbocycles. The number of nitriles is 1. The third-order valence-corrected chi connectivity index (χ3v) is 5.79. The van der Waals surface area contributed by atoms with Crippen molar-refractivity contribution in [1.29, 1.82) is 5.26 Å². The maximum Gasteiger partial charge on any atom is 0.227 e. The average Bonchev–Trinajstić information content (AvgIpc) is 3.22. The van der Waals surface area contributed by atoms with Crippen LogP contribution in [0.25, 0.3) is 11.0 Å². The predicted molar refractivity (Wildman–Crippen MR) is 116 cm³/mol. The molecule has 1 aliphatic heterocycles. The molecule has 1 aromatic heterocycles. The zero-order valence-electron chi connectivity index (χ0n) is 17.7. The molecule has 0 spiro atoms. The Balaban J connectivity index is 1.38. The zero-order chi connectivity index (χ0) is 21.8. The topological polar surface area (TPSA) is 78.9 Å². The van der Waals surface area contributed by atoms with E-state index in [9.17, 15) is 10.1 Å². The van der Waals surface area contributed by atoms with Gasteiger partial charge in [0.2, 0.25) is 5.91 Å². The summed E-state index contributed by atoms with van der Waals surface area (Å²) in [5.41, 5.74) is 2.52. The lowest BCUT2D eigenvalue weighted by Gasteiger charge is -2.37. The number of ether oxygens (including phenoxy) is 2.